The van der Waals surface area contributed by atoms with Gasteiger partial charge in [-0.15, -0.1) is 0 Å². The molecule has 0 amide bonds. The molecular formula is C11H19N3O. The minimum Gasteiger partial charge on any atom is -0.382 e. The maximum atomic E-state index is 10.6. The van der Waals surface area contributed by atoms with Crippen LogP contribution in [0.1, 0.15) is 26.0 Å². The van der Waals surface area contributed by atoms with Crippen LogP contribution < -0.4 is 0 Å². The summed E-state index contributed by atoms with van der Waals surface area (Å²) in [6, 6.07) is 2.35. The third-order valence-electron chi connectivity index (χ3n) is 3.39. The first kappa shape index (κ1) is 10.6. The van der Waals surface area contributed by atoms with Crippen LogP contribution in [0.3, 0.4) is 0 Å². The lowest BCUT2D eigenvalue weighted by Crippen LogP contribution is -2.32. The zero-order chi connectivity index (χ0) is 11.1. The van der Waals surface area contributed by atoms with E-state index in [4.69, 9.17) is 0 Å². The molecule has 2 rings (SSSR count). The highest BCUT2D eigenvalue weighted by Gasteiger charge is 2.42. The molecule has 2 atom stereocenters. The van der Waals surface area contributed by atoms with Gasteiger partial charge in [0, 0.05) is 25.3 Å². The Hall–Kier alpha value is -0.870. The minimum absolute atomic E-state index is 0.426. The first-order chi connectivity index (χ1) is 7.07. The number of β-amino-alcohol motifs (C(OH)–C–C–N with tert-alkyl or cyclic N) is 1. The smallest absolute Gasteiger partial charge is 0.120 e. The molecule has 0 aromatic carbocycles. The van der Waals surface area contributed by atoms with Crippen molar-refractivity contribution in [3.8, 4) is 0 Å². The number of hydrogen-bond donors (Lipinski definition) is 1. The molecule has 1 saturated heterocycles. The Bertz CT molecular complexity index is 337. The van der Waals surface area contributed by atoms with E-state index in [1.165, 1.54) is 0 Å². The Labute approximate surface area is 90.5 Å². The fraction of sp³-hybridized carbons (Fsp3) is 0.727. The van der Waals surface area contributed by atoms with Crippen molar-refractivity contribution in [1.29, 1.82) is 0 Å². The van der Waals surface area contributed by atoms with Crippen LogP contribution in [0, 0.1) is 0 Å². The molecule has 0 spiro atoms. The standard InChI is InChI=1S/C11H19N3O/c1-4-14-10(5-6-12-14)11(15)7-9(2)13(3)8-11/h5-6,9,15H,4,7-8H2,1-3H3. The van der Waals surface area contributed by atoms with Crippen molar-refractivity contribution in [2.75, 3.05) is 13.6 Å². The average molecular weight is 209 g/mol. The molecule has 1 N–H and O–H groups in total. The van der Waals surface area contributed by atoms with Crippen LogP contribution >= 0.6 is 0 Å². The summed E-state index contributed by atoms with van der Waals surface area (Å²) in [6.45, 7) is 5.69. The van der Waals surface area contributed by atoms with Crippen molar-refractivity contribution in [2.45, 2.75) is 38.5 Å². The van der Waals surface area contributed by atoms with E-state index in [9.17, 15) is 5.11 Å². The van der Waals surface area contributed by atoms with Crippen LogP contribution in [0.15, 0.2) is 12.3 Å². The largest absolute Gasteiger partial charge is 0.382 e. The molecule has 1 aromatic heterocycles. The highest BCUT2D eigenvalue weighted by molar-refractivity contribution is 5.16. The second-order valence-corrected chi connectivity index (χ2v) is 4.53. The Balaban J connectivity index is 2.31. The lowest BCUT2D eigenvalue weighted by molar-refractivity contribution is 0.0393. The first-order valence-electron chi connectivity index (χ1n) is 5.52. The van der Waals surface area contributed by atoms with Crippen molar-refractivity contribution in [3.63, 3.8) is 0 Å². The summed E-state index contributed by atoms with van der Waals surface area (Å²) in [4.78, 5) is 2.19. The molecule has 15 heavy (non-hydrogen) atoms. The summed E-state index contributed by atoms with van der Waals surface area (Å²) >= 11 is 0. The third kappa shape index (κ3) is 1.68. The second kappa shape index (κ2) is 3.61. The fourth-order valence-electron chi connectivity index (χ4n) is 2.44. The molecule has 1 aliphatic rings. The number of aliphatic hydroxyl groups is 1. The van der Waals surface area contributed by atoms with Gasteiger partial charge in [0.05, 0.1) is 5.69 Å². The van der Waals surface area contributed by atoms with Crippen LogP contribution in [-0.2, 0) is 12.1 Å². The number of hydrogen-bond acceptors (Lipinski definition) is 3. The maximum Gasteiger partial charge on any atom is 0.120 e. The Morgan fingerprint density at radius 3 is 2.93 bits per heavy atom. The Morgan fingerprint density at radius 2 is 2.40 bits per heavy atom. The molecule has 4 nitrogen and oxygen atoms in total. The zero-order valence-corrected chi connectivity index (χ0v) is 9.64. The molecule has 0 aliphatic carbocycles. The number of aryl methyl sites for hydroxylation is 1. The van der Waals surface area contributed by atoms with E-state index in [1.807, 2.05) is 17.7 Å². The van der Waals surface area contributed by atoms with Crippen molar-refractivity contribution in [2.24, 2.45) is 0 Å². The summed E-state index contributed by atoms with van der Waals surface area (Å²) in [5, 5.41) is 14.8. The van der Waals surface area contributed by atoms with Crippen molar-refractivity contribution in [1.82, 2.24) is 14.7 Å². The third-order valence-corrected chi connectivity index (χ3v) is 3.39. The van der Waals surface area contributed by atoms with Gasteiger partial charge in [-0.25, -0.2) is 0 Å². The summed E-state index contributed by atoms with van der Waals surface area (Å²) < 4.78 is 1.88. The van der Waals surface area contributed by atoms with Gasteiger partial charge < -0.3 is 10.0 Å². The van der Waals surface area contributed by atoms with Crippen molar-refractivity contribution in [3.05, 3.63) is 18.0 Å². The topological polar surface area (TPSA) is 41.3 Å². The van der Waals surface area contributed by atoms with Gasteiger partial charge >= 0.3 is 0 Å². The normalized spacial score (nSPS) is 32.4. The molecule has 84 valence electrons. The molecule has 4 heteroatoms. The quantitative estimate of drug-likeness (QED) is 0.784. The van der Waals surface area contributed by atoms with Gasteiger partial charge in [-0.05, 0) is 33.4 Å². The van der Waals surface area contributed by atoms with Gasteiger partial charge in [0.2, 0.25) is 0 Å². The fourth-order valence-corrected chi connectivity index (χ4v) is 2.44. The van der Waals surface area contributed by atoms with E-state index in [2.05, 4.69) is 24.0 Å². The number of likely N-dealkylation sites (N-methyl/N-ethyl adjacent to an activating group) is 1. The number of likely N-dealkylation sites (tertiary alicyclic amines) is 1. The summed E-state index contributed by atoms with van der Waals surface area (Å²) in [5.74, 6) is 0. The molecule has 2 unspecified atom stereocenters. The first-order valence-corrected chi connectivity index (χ1v) is 5.52. The minimum atomic E-state index is -0.722. The number of nitrogens with zero attached hydrogens (tertiary/aromatic N) is 3. The van der Waals surface area contributed by atoms with Crippen LogP contribution in [0.4, 0.5) is 0 Å². The number of rotatable bonds is 2. The van der Waals surface area contributed by atoms with Gasteiger partial charge in [-0.1, -0.05) is 0 Å². The predicted octanol–water partition coefficient (Wildman–Crippen LogP) is 0.815. The predicted molar refractivity (Wildman–Crippen MR) is 58.5 cm³/mol. The molecule has 1 aromatic rings. The average Bonchev–Trinajstić information content (AvgIpc) is 2.73. The molecule has 0 saturated carbocycles. The Kier molecular flexibility index (Phi) is 2.56. The highest BCUT2D eigenvalue weighted by Crippen LogP contribution is 2.34. The van der Waals surface area contributed by atoms with E-state index < -0.39 is 5.60 Å². The van der Waals surface area contributed by atoms with E-state index in [-0.39, 0.29) is 0 Å². The maximum absolute atomic E-state index is 10.6. The Morgan fingerprint density at radius 1 is 1.67 bits per heavy atom. The number of aromatic nitrogens is 2. The lowest BCUT2D eigenvalue weighted by atomic mass is 9.96. The van der Waals surface area contributed by atoms with Crippen molar-refractivity contribution < 1.29 is 5.11 Å². The van der Waals surface area contributed by atoms with Crippen LogP contribution in [0.25, 0.3) is 0 Å². The molecule has 1 fully saturated rings. The van der Waals surface area contributed by atoms with Gasteiger partial charge in [-0.3, -0.25) is 4.68 Å². The van der Waals surface area contributed by atoms with Crippen molar-refractivity contribution >= 4 is 0 Å². The molecular weight excluding hydrogens is 190 g/mol. The van der Waals surface area contributed by atoms with E-state index in [0.29, 0.717) is 12.6 Å². The molecule has 2 heterocycles. The summed E-state index contributed by atoms with van der Waals surface area (Å²) in [7, 11) is 2.05. The van der Waals surface area contributed by atoms with E-state index in [0.717, 1.165) is 18.7 Å². The SMILES string of the molecule is CCn1nccc1C1(O)CC(C)N(C)C1. The van der Waals surface area contributed by atoms with Gasteiger partial charge in [0.15, 0.2) is 0 Å². The monoisotopic (exact) mass is 209 g/mol. The van der Waals surface area contributed by atoms with E-state index in [1.54, 1.807) is 6.20 Å². The second-order valence-electron chi connectivity index (χ2n) is 4.53. The van der Waals surface area contributed by atoms with Gasteiger partial charge in [0.25, 0.3) is 0 Å². The zero-order valence-electron chi connectivity index (χ0n) is 9.64. The van der Waals surface area contributed by atoms with Crippen LogP contribution in [0.2, 0.25) is 0 Å². The highest BCUT2D eigenvalue weighted by atomic mass is 16.3. The molecule has 1 aliphatic heterocycles. The van der Waals surface area contributed by atoms with Gasteiger partial charge in [0.1, 0.15) is 5.60 Å². The van der Waals surface area contributed by atoms with Gasteiger partial charge in [-0.2, -0.15) is 5.10 Å². The van der Waals surface area contributed by atoms with E-state index >= 15 is 0 Å². The molecule has 0 bridgehead atoms. The van der Waals surface area contributed by atoms with Crippen LogP contribution in [0.5, 0.6) is 0 Å². The molecule has 0 radical (unpaired) electrons. The summed E-state index contributed by atoms with van der Waals surface area (Å²) in [6.07, 6.45) is 2.55. The lowest BCUT2D eigenvalue weighted by Gasteiger charge is -2.23. The van der Waals surface area contributed by atoms with Crippen LogP contribution in [-0.4, -0.2) is 39.4 Å². The summed E-state index contributed by atoms with van der Waals surface area (Å²) in [5.41, 5.74) is 0.224.